The Morgan fingerprint density at radius 1 is 1.08 bits per heavy atom. The molecular weight excluding hydrogens is 678 g/mol. The summed E-state index contributed by atoms with van der Waals surface area (Å²) in [7, 11) is -4.12. The van der Waals surface area contributed by atoms with Crippen molar-refractivity contribution in [1.29, 1.82) is 0 Å². The summed E-state index contributed by atoms with van der Waals surface area (Å²) in [5, 5.41) is 13.7. The summed E-state index contributed by atoms with van der Waals surface area (Å²) in [5.74, 6) is -2.18. The summed E-state index contributed by atoms with van der Waals surface area (Å²) in [6, 6.07) is 11.2. The first kappa shape index (κ1) is 37.0. The molecule has 0 bridgehead atoms. The highest BCUT2D eigenvalue weighted by Gasteiger charge is 2.33. The highest BCUT2D eigenvalue weighted by molar-refractivity contribution is 7.90. The Balaban J connectivity index is 1.21. The van der Waals surface area contributed by atoms with Crippen molar-refractivity contribution in [2.75, 3.05) is 6.54 Å². The molecular formula is C37H42FN5O7S. The van der Waals surface area contributed by atoms with Crippen LogP contribution in [0.4, 0.5) is 4.39 Å². The molecule has 14 heteroatoms. The smallest absolute Gasteiger partial charge is 0.326 e. The van der Waals surface area contributed by atoms with Gasteiger partial charge in [0.25, 0.3) is 21.5 Å². The van der Waals surface area contributed by atoms with Crippen molar-refractivity contribution in [3.63, 3.8) is 0 Å². The van der Waals surface area contributed by atoms with E-state index >= 15 is 0 Å². The molecule has 5 rings (SSSR count). The van der Waals surface area contributed by atoms with Gasteiger partial charge in [0, 0.05) is 12.7 Å². The number of carbonyl (C=O) groups excluding carboxylic acids is 1. The van der Waals surface area contributed by atoms with Crippen LogP contribution in [-0.2, 0) is 27.8 Å². The predicted octanol–water partition coefficient (Wildman–Crippen LogP) is 4.47. The number of carboxylic acids is 1. The summed E-state index contributed by atoms with van der Waals surface area (Å²) < 4.78 is 50.4. The minimum atomic E-state index is -4.12. The van der Waals surface area contributed by atoms with Gasteiger partial charge in [0.1, 0.15) is 28.8 Å². The number of rotatable bonds is 11. The number of nitrogens with one attached hydrogen (secondary N) is 2. The van der Waals surface area contributed by atoms with Gasteiger partial charge in [-0.05, 0) is 129 Å². The van der Waals surface area contributed by atoms with Crippen molar-refractivity contribution in [3.05, 3.63) is 104 Å². The van der Waals surface area contributed by atoms with Crippen molar-refractivity contribution < 1.29 is 32.2 Å². The summed E-state index contributed by atoms with van der Waals surface area (Å²) in [5.41, 5.74) is 8.21. The summed E-state index contributed by atoms with van der Waals surface area (Å²) in [6.07, 6.45) is 2.98. The first-order chi connectivity index (χ1) is 24.0. The highest BCUT2D eigenvalue weighted by atomic mass is 32.2. The van der Waals surface area contributed by atoms with E-state index in [1.165, 1.54) is 35.0 Å². The maximum Gasteiger partial charge on any atom is 0.326 e. The molecule has 1 aliphatic rings. The molecule has 3 aromatic carbocycles. The third-order valence-electron chi connectivity index (χ3n) is 9.20. The molecule has 51 heavy (non-hydrogen) atoms. The molecule has 4 aromatic rings. The van der Waals surface area contributed by atoms with E-state index in [-0.39, 0.29) is 53.8 Å². The molecule has 0 fully saturated rings. The first-order valence-corrected chi connectivity index (χ1v) is 18.0. The molecule has 0 saturated carbocycles. The molecule has 1 aromatic heterocycles. The molecule has 0 aliphatic carbocycles. The number of aliphatic imine (C=N–C) groups is 1. The number of sulfonamides is 1. The number of hydrogen-bond donors (Lipinski definition) is 4. The second kappa shape index (κ2) is 14.5. The molecule has 0 spiro atoms. The van der Waals surface area contributed by atoms with Crippen molar-refractivity contribution in [2.24, 2.45) is 10.7 Å². The Labute approximate surface area is 295 Å². The minimum absolute atomic E-state index is 0.0331. The number of amides is 1. The fraction of sp³-hybridized carbons (Fsp3) is 0.351. The minimum Gasteiger partial charge on any atom is -0.487 e. The number of halogens is 1. The zero-order valence-corrected chi connectivity index (χ0v) is 30.0. The number of pyridine rings is 1. The zero-order valence-electron chi connectivity index (χ0n) is 29.2. The highest BCUT2D eigenvalue weighted by Crippen LogP contribution is 2.42. The Morgan fingerprint density at radius 3 is 2.51 bits per heavy atom. The van der Waals surface area contributed by atoms with Gasteiger partial charge in [-0.25, -0.2) is 22.3 Å². The first-order valence-electron chi connectivity index (χ1n) is 16.5. The molecule has 5 N–H and O–H groups in total. The van der Waals surface area contributed by atoms with Crippen molar-refractivity contribution in [1.82, 2.24) is 14.6 Å². The van der Waals surface area contributed by atoms with E-state index in [2.05, 4.69) is 15.0 Å². The molecule has 1 aliphatic heterocycles. The van der Waals surface area contributed by atoms with Crippen LogP contribution in [-0.4, -0.2) is 54.1 Å². The molecule has 0 unspecified atom stereocenters. The van der Waals surface area contributed by atoms with Gasteiger partial charge < -0.3 is 25.5 Å². The predicted molar refractivity (Wildman–Crippen MR) is 192 cm³/mol. The SMILES string of the molecule is Cc1c(C)c(S(=O)(=O)NC(N)=NCCC[C@H](NC(=O)c2cccn(Cc3ccc4cc(F)ccc4c3)c2=O)C(=O)O)c(C)c2c1OC(C)(C)CC2. The Bertz CT molecular complexity index is 2230. The summed E-state index contributed by atoms with van der Waals surface area (Å²) in [4.78, 5) is 42.5. The Morgan fingerprint density at radius 2 is 1.78 bits per heavy atom. The molecule has 2 heterocycles. The lowest BCUT2D eigenvalue weighted by Crippen LogP contribution is -2.43. The van der Waals surface area contributed by atoms with E-state index in [9.17, 15) is 32.3 Å². The number of aliphatic carboxylic acids is 1. The Hall–Kier alpha value is -5.24. The lowest BCUT2D eigenvalue weighted by atomic mass is 9.88. The fourth-order valence-corrected chi connectivity index (χ4v) is 7.88. The lowest BCUT2D eigenvalue weighted by molar-refractivity contribution is -0.139. The average molecular weight is 720 g/mol. The quantitative estimate of drug-likeness (QED) is 0.0995. The monoisotopic (exact) mass is 719 g/mol. The number of carboxylic acid groups (broad SMARTS) is 1. The normalized spacial score (nSPS) is 14.7. The van der Waals surface area contributed by atoms with Gasteiger partial charge in [-0.3, -0.25) is 14.6 Å². The van der Waals surface area contributed by atoms with Crippen molar-refractivity contribution in [2.45, 2.75) is 83.4 Å². The number of carbonyl (C=O) groups is 2. The second-order valence-electron chi connectivity index (χ2n) is 13.4. The zero-order chi connectivity index (χ0) is 37.2. The van der Waals surface area contributed by atoms with Crippen molar-refractivity contribution >= 4 is 38.6 Å². The number of nitrogens with two attached hydrogens (primary N) is 1. The third kappa shape index (κ3) is 8.22. The van der Waals surface area contributed by atoms with E-state index < -0.39 is 33.5 Å². The largest absolute Gasteiger partial charge is 0.487 e. The maximum absolute atomic E-state index is 13.6. The topological polar surface area (TPSA) is 182 Å². The third-order valence-corrected chi connectivity index (χ3v) is 10.8. The standard InChI is InChI=1S/C37H42FN5O7S/c1-21-22(2)32(23(3)28-14-15-37(4,5)50-31(21)28)51(48,49)42-36(39)40-16-6-9-30(35(46)47)41-33(44)29-8-7-17-43(34(29)45)20-24-10-11-26-19-27(38)13-12-25(26)18-24/h7-8,10-13,17-19,30H,6,9,14-16,20H2,1-5H3,(H,41,44)(H,46,47)(H3,39,40,42)/t30-/m0/s1. The van der Waals surface area contributed by atoms with E-state index in [0.29, 0.717) is 28.7 Å². The molecule has 0 radical (unpaired) electrons. The molecule has 1 atom stereocenters. The number of benzene rings is 3. The second-order valence-corrected chi connectivity index (χ2v) is 15.1. The van der Waals surface area contributed by atoms with Gasteiger partial charge in [-0.2, -0.15) is 0 Å². The Kier molecular flexibility index (Phi) is 10.6. The van der Waals surface area contributed by atoms with Gasteiger partial charge in [0.05, 0.1) is 11.4 Å². The van der Waals surface area contributed by atoms with Crippen LogP contribution in [0.2, 0.25) is 0 Å². The van der Waals surface area contributed by atoms with Crippen LogP contribution in [0.15, 0.2) is 69.4 Å². The number of hydrogen-bond acceptors (Lipinski definition) is 7. The van der Waals surface area contributed by atoms with Gasteiger partial charge in [0.15, 0.2) is 0 Å². The van der Waals surface area contributed by atoms with Gasteiger partial charge in [-0.1, -0.05) is 18.2 Å². The van der Waals surface area contributed by atoms with Crippen LogP contribution in [0.25, 0.3) is 10.8 Å². The van der Waals surface area contributed by atoms with Crippen LogP contribution in [0.5, 0.6) is 5.75 Å². The maximum atomic E-state index is 13.6. The van der Waals surface area contributed by atoms with Gasteiger partial charge in [-0.15, -0.1) is 0 Å². The molecule has 0 saturated heterocycles. The van der Waals surface area contributed by atoms with Crippen LogP contribution in [0.1, 0.15) is 71.3 Å². The van der Waals surface area contributed by atoms with Gasteiger partial charge in [0.2, 0.25) is 5.96 Å². The van der Waals surface area contributed by atoms with Gasteiger partial charge >= 0.3 is 5.97 Å². The van der Waals surface area contributed by atoms with E-state index in [4.69, 9.17) is 10.5 Å². The average Bonchev–Trinajstić information content (AvgIpc) is 3.05. The van der Waals surface area contributed by atoms with Crippen molar-refractivity contribution in [3.8, 4) is 5.75 Å². The fourth-order valence-electron chi connectivity index (χ4n) is 6.36. The van der Waals surface area contributed by atoms with E-state index in [1.807, 2.05) is 26.8 Å². The number of fused-ring (bicyclic) bond motifs is 2. The van der Waals surface area contributed by atoms with E-state index in [1.54, 1.807) is 32.0 Å². The van der Waals surface area contributed by atoms with Crippen LogP contribution in [0.3, 0.4) is 0 Å². The number of guanidine groups is 1. The molecule has 1 amide bonds. The summed E-state index contributed by atoms with van der Waals surface area (Å²) in [6.45, 7) is 9.39. The van der Waals surface area contributed by atoms with E-state index in [0.717, 1.165) is 28.5 Å². The molecule has 12 nitrogen and oxygen atoms in total. The van der Waals surface area contributed by atoms with Crippen LogP contribution in [0, 0.1) is 26.6 Å². The van der Waals surface area contributed by atoms with Crippen LogP contribution >= 0.6 is 0 Å². The number of ether oxygens (including phenoxy) is 1. The lowest BCUT2D eigenvalue weighted by Gasteiger charge is -2.35. The molecule has 270 valence electrons. The summed E-state index contributed by atoms with van der Waals surface area (Å²) >= 11 is 0. The number of nitrogens with zero attached hydrogens (tertiary/aromatic N) is 2. The number of aromatic nitrogens is 1. The van der Waals surface area contributed by atoms with Crippen LogP contribution < -0.4 is 26.1 Å².